The Morgan fingerprint density at radius 3 is 2.95 bits per heavy atom. The Labute approximate surface area is 124 Å². The zero-order chi connectivity index (χ0) is 14.0. The van der Waals surface area contributed by atoms with Gasteiger partial charge in [-0.3, -0.25) is 4.79 Å². The van der Waals surface area contributed by atoms with E-state index in [-0.39, 0.29) is 17.4 Å². The molecule has 1 aromatic heterocycles. The summed E-state index contributed by atoms with van der Waals surface area (Å²) in [5.41, 5.74) is 7.49. The number of aryl methyl sites for hydroxylation is 1. The molecule has 3 rings (SSSR count). The SMILES string of the molecule is NC1(CNC(=O)C2CCCc3sccc32)CCCCC1. The summed E-state index contributed by atoms with van der Waals surface area (Å²) in [6, 6.07) is 2.13. The van der Waals surface area contributed by atoms with Gasteiger partial charge in [-0.05, 0) is 49.1 Å². The first-order valence-electron chi connectivity index (χ1n) is 7.81. The Balaban J connectivity index is 1.60. The van der Waals surface area contributed by atoms with Gasteiger partial charge < -0.3 is 11.1 Å². The number of carbonyl (C=O) groups excluding carboxylic acids is 1. The summed E-state index contributed by atoms with van der Waals surface area (Å²) in [5.74, 6) is 0.233. The first kappa shape index (κ1) is 14.1. The third-order valence-corrected chi connectivity index (χ3v) is 5.83. The minimum Gasteiger partial charge on any atom is -0.354 e. The molecule has 2 aliphatic rings. The Kier molecular flexibility index (Phi) is 4.13. The van der Waals surface area contributed by atoms with E-state index in [1.807, 2.05) is 0 Å². The van der Waals surface area contributed by atoms with Crippen LogP contribution in [0, 0.1) is 0 Å². The van der Waals surface area contributed by atoms with Gasteiger partial charge in [-0.2, -0.15) is 0 Å². The highest BCUT2D eigenvalue weighted by Gasteiger charge is 2.31. The molecule has 1 atom stereocenters. The van der Waals surface area contributed by atoms with Crippen LogP contribution in [0.2, 0.25) is 0 Å². The van der Waals surface area contributed by atoms with Crippen molar-refractivity contribution in [1.82, 2.24) is 5.32 Å². The number of nitrogens with two attached hydrogens (primary N) is 1. The molecule has 2 aliphatic carbocycles. The lowest BCUT2D eigenvalue weighted by molar-refractivity contribution is -0.123. The van der Waals surface area contributed by atoms with E-state index in [0.717, 1.165) is 32.1 Å². The van der Waals surface area contributed by atoms with Gasteiger partial charge in [0.15, 0.2) is 0 Å². The largest absolute Gasteiger partial charge is 0.354 e. The van der Waals surface area contributed by atoms with Crippen molar-refractivity contribution in [3.63, 3.8) is 0 Å². The van der Waals surface area contributed by atoms with Crippen molar-refractivity contribution in [3.05, 3.63) is 21.9 Å². The van der Waals surface area contributed by atoms with Crippen LogP contribution in [-0.4, -0.2) is 18.0 Å². The van der Waals surface area contributed by atoms with Crippen LogP contribution in [0.15, 0.2) is 11.4 Å². The average molecular weight is 292 g/mol. The van der Waals surface area contributed by atoms with Gasteiger partial charge in [0.25, 0.3) is 0 Å². The van der Waals surface area contributed by atoms with Crippen molar-refractivity contribution in [2.75, 3.05) is 6.54 Å². The van der Waals surface area contributed by atoms with E-state index in [0.29, 0.717) is 6.54 Å². The molecule has 0 saturated heterocycles. The van der Waals surface area contributed by atoms with E-state index in [1.54, 1.807) is 11.3 Å². The zero-order valence-corrected chi connectivity index (χ0v) is 12.8. The van der Waals surface area contributed by atoms with E-state index in [2.05, 4.69) is 16.8 Å². The zero-order valence-electron chi connectivity index (χ0n) is 12.0. The number of fused-ring (bicyclic) bond motifs is 1. The van der Waals surface area contributed by atoms with Crippen molar-refractivity contribution in [3.8, 4) is 0 Å². The summed E-state index contributed by atoms with van der Waals surface area (Å²) >= 11 is 1.79. The van der Waals surface area contributed by atoms with Gasteiger partial charge >= 0.3 is 0 Å². The summed E-state index contributed by atoms with van der Waals surface area (Å²) in [5, 5.41) is 5.25. The summed E-state index contributed by atoms with van der Waals surface area (Å²) in [6.07, 6.45) is 9.01. The highest BCUT2D eigenvalue weighted by molar-refractivity contribution is 7.10. The number of carbonyl (C=O) groups is 1. The molecular weight excluding hydrogens is 268 g/mol. The molecule has 0 spiro atoms. The van der Waals surface area contributed by atoms with Gasteiger partial charge in [0, 0.05) is 17.0 Å². The lowest BCUT2D eigenvalue weighted by Gasteiger charge is -2.34. The normalized spacial score (nSPS) is 24.9. The Bertz CT molecular complexity index is 477. The third kappa shape index (κ3) is 2.91. The van der Waals surface area contributed by atoms with Gasteiger partial charge in [0.05, 0.1) is 5.92 Å². The quantitative estimate of drug-likeness (QED) is 0.900. The summed E-state index contributed by atoms with van der Waals surface area (Å²) in [6.45, 7) is 0.641. The predicted molar refractivity (Wildman–Crippen MR) is 83.0 cm³/mol. The van der Waals surface area contributed by atoms with E-state index < -0.39 is 0 Å². The van der Waals surface area contributed by atoms with Crippen molar-refractivity contribution in [2.45, 2.75) is 62.8 Å². The number of hydrogen-bond donors (Lipinski definition) is 2. The third-order valence-electron chi connectivity index (χ3n) is 4.83. The molecule has 1 amide bonds. The predicted octanol–water partition coefficient (Wildman–Crippen LogP) is 2.95. The van der Waals surface area contributed by atoms with Gasteiger partial charge in [0.2, 0.25) is 5.91 Å². The molecular formula is C16H24N2OS. The van der Waals surface area contributed by atoms with Crippen LogP contribution < -0.4 is 11.1 Å². The van der Waals surface area contributed by atoms with Crippen molar-refractivity contribution < 1.29 is 4.79 Å². The van der Waals surface area contributed by atoms with E-state index >= 15 is 0 Å². The molecule has 20 heavy (non-hydrogen) atoms. The Morgan fingerprint density at radius 2 is 2.15 bits per heavy atom. The fourth-order valence-corrected chi connectivity index (χ4v) is 4.57. The molecule has 0 aromatic carbocycles. The second kappa shape index (κ2) is 5.86. The van der Waals surface area contributed by atoms with Crippen LogP contribution >= 0.6 is 11.3 Å². The maximum absolute atomic E-state index is 12.5. The van der Waals surface area contributed by atoms with Crippen molar-refractivity contribution in [2.24, 2.45) is 5.73 Å². The number of hydrogen-bond acceptors (Lipinski definition) is 3. The lowest BCUT2D eigenvalue weighted by Crippen LogP contribution is -2.52. The second-order valence-corrected chi connectivity index (χ2v) is 7.39. The molecule has 110 valence electrons. The Morgan fingerprint density at radius 1 is 1.35 bits per heavy atom. The van der Waals surface area contributed by atoms with Crippen molar-refractivity contribution in [1.29, 1.82) is 0 Å². The molecule has 1 aromatic rings. The van der Waals surface area contributed by atoms with E-state index in [9.17, 15) is 4.79 Å². The molecule has 1 saturated carbocycles. The molecule has 0 radical (unpaired) electrons. The first-order valence-corrected chi connectivity index (χ1v) is 8.69. The van der Waals surface area contributed by atoms with Crippen LogP contribution in [0.25, 0.3) is 0 Å². The molecule has 1 fully saturated rings. The van der Waals surface area contributed by atoms with Gasteiger partial charge in [-0.15, -0.1) is 11.3 Å². The molecule has 0 bridgehead atoms. The number of thiophene rings is 1. The van der Waals surface area contributed by atoms with E-state index in [4.69, 9.17) is 5.73 Å². The van der Waals surface area contributed by atoms with E-state index in [1.165, 1.54) is 29.7 Å². The number of amides is 1. The molecule has 1 heterocycles. The fourth-order valence-electron chi connectivity index (χ4n) is 3.58. The van der Waals surface area contributed by atoms with Crippen LogP contribution in [0.3, 0.4) is 0 Å². The van der Waals surface area contributed by atoms with Gasteiger partial charge in [-0.25, -0.2) is 0 Å². The maximum Gasteiger partial charge on any atom is 0.227 e. The molecule has 4 heteroatoms. The summed E-state index contributed by atoms with van der Waals surface area (Å²) in [4.78, 5) is 13.9. The van der Waals surface area contributed by atoms with Crippen molar-refractivity contribution >= 4 is 17.2 Å². The van der Waals surface area contributed by atoms with Crippen LogP contribution in [0.4, 0.5) is 0 Å². The summed E-state index contributed by atoms with van der Waals surface area (Å²) < 4.78 is 0. The van der Waals surface area contributed by atoms with Gasteiger partial charge in [0.1, 0.15) is 0 Å². The minimum absolute atomic E-state index is 0.0530. The monoisotopic (exact) mass is 292 g/mol. The van der Waals surface area contributed by atoms with Crippen LogP contribution in [0.1, 0.15) is 61.3 Å². The number of rotatable bonds is 3. The molecule has 0 aliphatic heterocycles. The topological polar surface area (TPSA) is 55.1 Å². The van der Waals surface area contributed by atoms with Crippen LogP contribution in [-0.2, 0) is 11.2 Å². The molecule has 3 nitrogen and oxygen atoms in total. The summed E-state index contributed by atoms with van der Waals surface area (Å²) in [7, 11) is 0. The Hall–Kier alpha value is -0.870. The van der Waals surface area contributed by atoms with Gasteiger partial charge in [-0.1, -0.05) is 19.3 Å². The lowest BCUT2D eigenvalue weighted by atomic mass is 9.82. The second-order valence-electron chi connectivity index (χ2n) is 6.38. The number of nitrogens with one attached hydrogen (secondary N) is 1. The average Bonchev–Trinajstić information content (AvgIpc) is 2.94. The van der Waals surface area contributed by atoms with Crippen LogP contribution in [0.5, 0.6) is 0 Å². The first-order chi connectivity index (χ1) is 9.68. The highest BCUT2D eigenvalue weighted by Crippen LogP contribution is 2.35. The standard InChI is InChI=1S/C16H24N2OS/c17-16(8-2-1-3-9-16)11-18-15(19)13-5-4-6-14-12(13)7-10-20-14/h7,10,13H,1-6,8-9,11,17H2,(H,18,19). The maximum atomic E-state index is 12.5. The smallest absolute Gasteiger partial charge is 0.227 e. The molecule has 3 N–H and O–H groups in total. The fraction of sp³-hybridized carbons (Fsp3) is 0.688. The highest BCUT2D eigenvalue weighted by atomic mass is 32.1. The molecule has 1 unspecified atom stereocenters. The minimum atomic E-state index is -0.167.